The van der Waals surface area contributed by atoms with E-state index in [4.69, 9.17) is 17.2 Å². The quantitative estimate of drug-likeness (QED) is 0.322. The van der Waals surface area contributed by atoms with Crippen molar-refractivity contribution in [2.24, 2.45) is 0 Å². The number of hydrogen-bond donors (Lipinski definition) is 1. The summed E-state index contributed by atoms with van der Waals surface area (Å²) >= 11 is 5.95. The molecule has 2 aromatic heterocycles. The SMILES string of the molecule is Cc1cc(C)cc(N2C(=S)NC(c3ccccn3)C2c2cc(C)n(-c3cc(C)cc(C)c3)c2C)c1. The Kier molecular flexibility index (Phi) is 5.97. The van der Waals surface area contributed by atoms with Gasteiger partial charge in [0, 0.05) is 29.0 Å². The van der Waals surface area contributed by atoms with Gasteiger partial charge in [-0.2, -0.15) is 0 Å². The third-order valence-corrected chi connectivity index (χ3v) is 7.15. The normalized spacial score (nSPS) is 17.7. The third kappa shape index (κ3) is 4.25. The summed E-state index contributed by atoms with van der Waals surface area (Å²) in [6.45, 7) is 13.0. The monoisotopic (exact) mass is 480 g/mol. The molecule has 4 aromatic rings. The molecule has 1 aliphatic heterocycles. The lowest BCUT2D eigenvalue weighted by atomic mass is 9.96. The summed E-state index contributed by atoms with van der Waals surface area (Å²) in [6, 6.07) is 21.7. The maximum atomic E-state index is 5.95. The van der Waals surface area contributed by atoms with Crippen LogP contribution in [0.5, 0.6) is 0 Å². The molecule has 2 unspecified atom stereocenters. The second kappa shape index (κ2) is 8.97. The van der Waals surface area contributed by atoms with E-state index in [-0.39, 0.29) is 12.1 Å². The van der Waals surface area contributed by atoms with Crippen molar-refractivity contribution in [3.05, 3.63) is 112 Å². The molecule has 1 fully saturated rings. The molecular weight excluding hydrogens is 448 g/mol. The summed E-state index contributed by atoms with van der Waals surface area (Å²) < 4.78 is 2.37. The van der Waals surface area contributed by atoms with Crippen molar-refractivity contribution in [1.82, 2.24) is 14.9 Å². The predicted octanol–water partition coefficient (Wildman–Crippen LogP) is 6.90. The fourth-order valence-corrected chi connectivity index (χ4v) is 5.95. The van der Waals surface area contributed by atoms with E-state index in [0.29, 0.717) is 0 Å². The minimum atomic E-state index is -0.0577. The molecule has 0 saturated carbocycles. The summed E-state index contributed by atoms with van der Waals surface area (Å²) in [7, 11) is 0. The van der Waals surface area contributed by atoms with Crippen LogP contribution in [0.4, 0.5) is 5.69 Å². The lowest BCUT2D eigenvalue weighted by molar-refractivity contribution is 0.565. The van der Waals surface area contributed by atoms with Gasteiger partial charge in [0.2, 0.25) is 0 Å². The number of aromatic nitrogens is 2. The number of nitrogens with zero attached hydrogens (tertiary/aromatic N) is 3. The van der Waals surface area contributed by atoms with Crippen LogP contribution in [0.1, 0.15) is 57.0 Å². The van der Waals surface area contributed by atoms with Gasteiger partial charge in [0.05, 0.1) is 17.8 Å². The van der Waals surface area contributed by atoms with Crippen LogP contribution >= 0.6 is 12.2 Å². The summed E-state index contributed by atoms with van der Waals surface area (Å²) in [5.74, 6) is 0. The van der Waals surface area contributed by atoms with E-state index in [1.165, 1.54) is 44.9 Å². The van der Waals surface area contributed by atoms with Gasteiger partial charge in [-0.05, 0) is 124 Å². The third-order valence-electron chi connectivity index (χ3n) is 6.84. The second-order valence-electron chi connectivity index (χ2n) is 9.85. The van der Waals surface area contributed by atoms with Crippen molar-refractivity contribution in [2.45, 2.75) is 53.6 Å². The molecule has 3 heterocycles. The van der Waals surface area contributed by atoms with E-state index >= 15 is 0 Å². The minimum absolute atomic E-state index is 0.0237. The van der Waals surface area contributed by atoms with Crippen LogP contribution in [0.3, 0.4) is 0 Å². The maximum absolute atomic E-state index is 5.95. The maximum Gasteiger partial charge on any atom is 0.174 e. The fourth-order valence-electron chi connectivity index (χ4n) is 5.60. The summed E-state index contributed by atoms with van der Waals surface area (Å²) in [6.07, 6.45) is 1.86. The summed E-state index contributed by atoms with van der Waals surface area (Å²) in [4.78, 5) is 7.00. The number of anilines is 1. The molecule has 2 atom stereocenters. The Labute approximate surface area is 213 Å². The molecule has 5 heteroatoms. The first-order valence-electron chi connectivity index (χ1n) is 12.1. The largest absolute Gasteiger partial charge is 0.351 e. The van der Waals surface area contributed by atoms with Gasteiger partial charge in [-0.25, -0.2) is 0 Å². The molecule has 0 aliphatic carbocycles. The number of thiocarbonyl (C=S) groups is 1. The standard InChI is InChI=1S/C30H32N4S/c1-18-11-19(2)14-24(13-18)33-22(5)17-26(23(33)6)29-28(27-9-7-8-10-31-27)32-30(35)34(29)25-15-20(3)12-21(4)16-25/h7-17,28-29H,1-6H3,(H,32,35). The summed E-state index contributed by atoms with van der Waals surface area (Å²) in [5, 5.41) is 4.33. The Morgan fingerprint density at radius 3 is 1.94 bits per heavy atom. The average molecular weight is 481 g/mol. The van der Waals surface area contributed by atoms with Crippen LogP contribution in [0.15, 0.2) is 66.9 Å². The van der Waals surface area contributed by atoms with Gasteiger partial charge in [0.1, 0.15) is 0 Å². The average Bonchev–Trinajstić information content (AvgIpc) is 3.28. The molecule has 0 amide bonds. The Hall–Kier alpha value is -3.44. The van der Waals surface area contributed by atoms with Gasteiger partial charge in [-0.1, -0.05) is 18.2 Å². The van der Waals surface area contributed by atoms with Crippen LogP contribution in [-0.4, -0.2) is 14.7 Å². The van der Waals surface area contributed by atoms with E-state index in [0.717, 1.165) is 16.5 Å². The van der Waals surface area contributed by atoms with Crippen molar-refractivity contribution in [3.63, 3.8) is 0 Å². The Balaban J connectivity index is 1.71. The van der Waals surface area contributed by atoms with E-state index in [9.17, 15) is 0 Å². The van der Waals surface area contributed by atoms with Crippen molar-refractivity contribution >= 4 is 23.0 Å². The first-order valence-corrected chi connectivity index (χ1v) is 12.5. The van der Waals surface area contributed by atoms with Crippen molar-refractivity contribution in [2.75, 3.05) is 4.90 Å². The molecule has 1 saturated heterocycles. The Morgan fingerprint density at radius 1 is 0.771 bits per heavy atom. The van der Waals surface area contributed by atoms with E-state index in [2.05, 4.69) is 105 Å². The Bertz CT molecular complexity index is 1380. The molecule has 4 nitrogen and oxygen atoms in total. The molecule has 0 bridgehead atoms. The molecule has 5 rings (SSSR count). The lowest BCUT2D eigenvalue weighted by Gasteiger charge is -2.29. The van der Waals surface area contributed by atoms with Crippen molar-refractivity contribution < 1.29 is 0 Å². The first kappa shape index (κ1) is 23.3. The topological polar surface area (TPSA) is 33.1 Å². The predicted molar refractivity (Wildman–Crippen MR) is 149 cm³/mol. The van der Waals surface area contributed by atoms with Crippen LogP contribution in [0, 0.1) is 41.5 Å². The smallest absolute Gasteiger partial charge is 0.174 e. The number of aryl methyl sites for hydroxylation is 5. The zero-order chi connectivity index (χ0) is 24.9. The second-order valence-corrected chi connectivity index (χ2v) is 10.2. The number of benzene rings is 2. The van der Waals surface area contributed by atoms with Crippen LogP contribution in [0.25, 0.3) is 5.69 Å². The number of pyridine rings is 1. The molecule has 1 aliphatic rings. The molecule has 178 valence electrons. The van der Waals surface area contributed by atoms with Crippen LogP contribution in [-0.2, 0) is 0 Å². The van der Waals surface area contributed by atoms with E-state index in [1.54, 1.807) is 0 Å². The molecule has 0 spiro atoms. The minimum Gasteiger partial charge on any atom is -0.351 e. The molecule has 0 radical (unpaired) electrons. The first-order chi connectivity index (χ1) is 16.7. The summed E-state index contributed by atoms with van der Waals surface area (Å²) in [5.41, 5.74) is 12.0. The number of rotatable bonds is 4. The van der Waals surface area contributed by atoms with Gasteiger partial charge < -0.3 is 14.8 Å². The highest BCUT2D eigenvalue weighted by atomic mass is 32.1. The Morgan fingerprint density at radius 2 is 1.37 bits per heavy atom. The highest BCUT2D eigenvalue weighted by molar-refractivity contribution is 7.80. The van der Waals surface area contributed by atoms with E-state index in [1.807, 2.05) is 18.3 Å². The highest BCUT2D eigenvalue weighted by Gasteiger charge is 2.42. The molecular formula is C30H32N4S. The van der Waals surface area contributed by atoms with Crippen molar-refractivity contribution in [3.8, 4) is 5.69 Å². The zero-order valence-corrected chi connectivity index (χ0v) is 22.1. The number of nitrogens with one attached hydrogen (secondary N) is 1. The fraction of sp³-hybridized carbons (Fsp3) is 0.267. The zero-order valence-electron chi connectivity index (χ0n) is 21.3. The van der Waals surface area contributed by atoms with Crippen molar-refractivity contribution in [1.29, 1.82) is 0 Å². The van der Waals surface area contributed by atoms with Gasteiger partial charge >= 0.3 is 0 Å². The van der Waals surface area contributed by atoms with E-state index < -0.39 is 0 Å². The molecule has 2 aromatic carbocycles. The van der Waals surface area contributed by atoms with Gasteiger partial charge in [0.15, 0.2) is 5.11 Å². The van der Waals surface area contributed by atoms with Crippen LogP contribution < -0.4 is 10.2 Å². The lowest BCUT2D eigenvalue weighted by Crippen LogP contribution is -2.29. The number of hydrogen-bond acceptors (Lipinski definition) is 2. The van der Waals surface area contributed by atoms with Gasteiger partial charge in [-0.15, -0.1) is 0 Å². The van der Waals surface area contributed by atoms with Gasteiger partial charge in [0.25, 0.3) is 0 Å². The highest BCUT2D eigenvalue weighted by Crippen LogP contribution is 2.44. The van der Waals surface area contributed by atoms with Gasteiger partial charge in [-0.3, -0.25) is 4.98 Å². The van der Waals surface area contributed by atoms with Crippen LogP contribution in [0.2, 0.25) is 0 Å². The molecule has 35 heavy (non-hydrogen) atoms. The molecule has 1 N–H and O–H groups in total.